The van der Waals surface area contributed by atoms with Crippen LogP contribution < -0.4 is 5.32 Å². The molecule has 2 aromatic heterocycles. The van der Waals surface area contributed by atoms with E-state index in [-0.39, 0.29) is 0 Å². The molecule has 2 heterocycles. The first-order valence-electron chi connectivity index (χ1n) is 5.92. The van der Waals surface area contributed by atoms with Crippen molar-refractivity contribution in [3.63, 3.8) is 0 Å². The van der Waals surface area contributed by atoms with Crippen molar-refractivity contribution in [1.82, 2.24) is 9.38 Å². The van der Waals surface area contributed by atoms with Gasteiger partial charge in [-0.2, -0.15) is 0 Å². The Morgan fingerprint density at radius 1 is 1.29 bits per heavy atom. The zero-order valence-electron chi connectivity index (χ0n) is 9.85. The fourth-order valence-corrected chi connectivity index (χ4v) is 2.22. The normalized spacial score (nSPS) is 15.0. The third kappa shape index (κ3) is 1.64. The highest BCUT2D eigenvalue weighted by Gasteiger charge is 2.13. The average Bonchev–Trinajstić information content (AvgIpc) is 2.78. The molecule has 3 nitrogen and oxygen atoms in total. The van der Waals surface area contributed by atoms with Gasteiger partial charge in [-0.05, 0) is 30.5 Å². The molecule has 3 rings (SSSR count). The van der Waals surface area contributed by atoms with E-state index in [1.54, 1.807) is 0 Å². The molecular formula is C14H15N3. The van der Waals surface area contributed by atoms with Gasteiger partial charge >= 0.3 is 0 Å². The molecule has 86 valence electrons. The van der Waals surface area contributed by atoms with Crippen LogP contribution in [0.25, 0.3) is 11.2 Å². The van der Waals surface area contributed by atoms with Gasteiger partial charge in [0.2, 0.25) is 0 Å². The minimum absolute atomic E-state index is 0.978. The van der Waals surface area contributed by atoms with Crippen LogP contribution in [0.5, 0.6) is 0 Å². The molecule has 0 saturated carbocycles. The predicted octanol–water partition coefficient (Wildman–Crippen LogP) is 3.11. The molecule has 0 radical (unpaired) electrons. The summed E-state index contributed by atoms with van der Waals surface area (Å²) in [5.41, 5.74) is 3.23. The van der Waals surface area contributed by atoms with Crippen molar-refractivity contribution in [2.24, 2.45) is 0 Å². The highest BCUT2D eigenvalue weighted by molar-refractivity contribution is 5.81. The van der Waals surface area contributed by atoms with E-state index in [2.05, 4.69) is 32.9 Å². The molecule has 0 aromatic carbocycles. The molecule has 0 spiro atoms. The zero-order valence-corrected chi connectivity index (χ0v) is 9.85. The van der Waals surface area contributed by atoms with Gasteiger partial charge in [-0.25, -0.2) is 4.98 Å². The summed E-state index contributed by atoms with van der Waals surface area (Å²) in [7, 11) is 1.94. The summed E-state index contributed by atoms with van der Waals surface area (Å²) in [6, 6.07) is 6.05. The number of pyridine rings is 1. The SMILES string of the molecule is CNc1c(C2=CCCC=C2)nc2ccccn12. The van der Waals surface area contributed by atoms with E-state index in [1.165, 1.54) is 5.57 Å². The smallest absolute Gasteiger partial charge is 0.139 e. The molecule has 0 fully saturated rings. The maximum Gasteiger partial charge on any atom is 0.139 e. The van der Waals surface area contributed by atoms with Gasteiger partial charge in [0, 0.05) is 13.2 Å². The number of hydrogen-bond donors (Lipinski definition) is 1. The van der Waals surface area contributed by atoms with Gasteiger partial charge in [0.25, 0.3) is 0 Å². The van der Waals surface area contributed by atoms with Crippen LogP contribution >= 0.6 is 0 Å². The quantitative estimate of drug-likeness (QED) is 0.851. The summed E-state index contributed by atoms with van der Waals surface area (Å²) in [4.78, 5) is 4.69. The number of aromatic nitrogens is 2. The second kappa shape index (κ2) is 4.09. The van der Waals surface area contributed by atoms with Crippen molar-refractivity contribution in [1.29, 1.82) is 0 Å². The first-order chi connectivity index (χ1) is 8.40. The van der Waals surface area contributed by atoms with E-state index in [0.29, 0.717) is 0 Å². The predicted molar refractivity (Wildman–Crippen MR) is 71.1 cm³/mol. The minimum Gasteiger partial charge on any atom is -0.372 e. The van der Waals surface area contributed by atoms with Crippen LogP contribution in [0.2, 0.25) is 0 Å². The second-order valence-corrected chi connectivity index (χ2v) is 4.13. The highest BCUT2D eigenvalue weighted by atomic mass is 15.1. The van der Waals surface area contributed by atoms with Crippen LogP contribution in [0.3, 0.4) is 0 Å². The van der Waals surface area contributed by atoms with Crippen molar-refractivity contribution in [2.45, 2.75) is 12.8 Å². The number of allylic oxidation sites excluding steroid dienone is 4. The molecule has 0 atom stereocenters. The molecule has 1 aliphatic rings. The number of hydrogen-bond acceptors (Lipinski definition) is 2. The number of anilines is 1. The molecule has 2 aromatic rings. The zero-order chi connectivity index (χ0) is 11.7. The molecule has 0 aliphatic heterocycles. The summed E-state index contributed by atoms with van der Waals surface area (Å²) in [6.07, 6.45) is 10.9. The van der Waals surface area contributed by atoms with Crippen LogP contribution in [0.15, 0.2) is 42.6 Å². The number of rotatable bonds is 2. The molecule has 0 saturated heterocycles. The first-order valence-corrected chi connectivity index (χ1v) is 5.92. The maximum absolute atomic E-state index is 4.69. The van der Waals surface area contributed by atoms with E-state index < -0.39 is 0 Å². The van der Waals surface area contributed by atoms with E-state index in [9.17, 15) is 0 Å². The highest BCUT2D eigenvalue weighted by Crippen LogP contribution is 2.28. The molecule has 17 heavy (non-hydrogen) atoms. The molecular weight excluding hydrogens is 210 g/mol. The van der Waals surface area contributed by atoms with Crippen molar-refractivity contribution in [3.05, 3.63) is 48.3 Å². The topological polar surface area (TPSA) is 29.3 Å². The third-order valence-electron chi connectivity index (χ3n) is 3.04. The Morgan fingerprint density at radius 2 is 2.24 bits per heavy atom. The lowest BCUT2D eigenvalue weighted by atomic mass is 10.0. The summed E-state index contributed by atoms with van der Waals surface area (Å²) in [6.45, 7) is 0. The lowest BCUT2D eigenvalue weighted by Crippen LogP contribution is -1.97. The molecule has 3 heteroatoms. The number of imidazole rings is 1. The van der Waals surface area contributed by atoms with E-state index in [1.807, 2.05) is 31.4 Å². The lowest BCUT2D eigenvalue weighted by Gasteiger charge is -2.07. The van der Waals surface area contributed by atoms with Crippen LogP contribution in [-0.2, 0) is 0 Å². The number of nitrogens with one attached hydrogen (secondary N) is 1. The average molecular weight is 225 g/mol. The molecule has 0 amide bonds. The maximum atomic E-state index is 4.69. The fourth-order valence-electron chi connectivity index (χ4n) is 2.22. The summed E-state index contributed by atoms with van der Waals surface area (Å²) in [5.74, 6) is 1.05. The van der Waals surface area contributed by atoms with E-state index in [4.69, 9.17) is 0 Å². The monoisotopic (exact) mass is 225 g/mol. The van der Waals surface area contributed by atoms with Gasteiger partial charge in [0.1, 0.15) is 17.2 Å². The van der Waals surface area contributed by atoms with Gasteiger partial charge in [-0.1, -0.05) is 24.3 Å². The second-order valence-electron chi connectivity index (χ2n) is 4.13. The van der Waals surface area contributed by atoms with Crippen molar-refractivity contribution in [3.8, 4) is 0 Å². The van der Waals surface area contributed by atoms with Crippen molar-refractivity contribution >= 4 is 17.0 Å². The lowest BCUT2D eigenvalue weighted by molar-refractivity contribution is 1.04. The van der Waals surface area contributed by atoms with Gasteiger partial charge < -0.3 is 5.32 Å². The fraction of sp³-hybridized carbons (Fsp3) is 0.214. The largest absolute Gasteiger partial charge is 0.372 e. The molecule has 0 bridgehead atoms. The van der Waals surface area contributed by atoms with Gasteiger partial charge in [-0.3, -0.25) is 4.40 Å². The van der Waals surface area contributed by atoms with Gasteiger partial charge in [0.05, 0.1) is 0 Å². The Balaban J connectivity index is 2.22. The number of nitrogens with zero attached hydrogens (tertiary/aromatic N) is 2. The summed E-state index contributed by atoms with van der Waals surface area (Å²) in [5, 5.41) is 3.24. The van der Waals surface area contributed by atoms with E-state index in [0.717, 1.165) is 30.0 Å². The Morgan fingerprint density at radius 3 is 3.00 bits per heavy atom. The van der Waals surface area contributed by atoms with Gasteiger partial charge in [-0.15, -0.1) is 0 Å². The summed E-state index contributed by atoms with van der Waals surface area (Å²) < 4.78 is 2.08. The number of fused-ring (bicyclic) bond motifs is 1. The van der Waals surface area contributed by atoms with Crippen molar-refractivity contribution in [2.75, 3.05) is 12.4 Å². The first kappa shape index (κ1) is 10.1. The Labute approximate surface area is 100 Å². The summed E-state index contributed by atoms with van der Waals surface area (Å²) >= 11 is 0. The molecule has 0 unspecified atom stereocenters. The van der Waals surface area contributed by atoms with Crippen LogP contribution in [0, 0.1) is 0 Å². The van der Waals surface area contributed by atoms with Crippen LogP contribution in [0.1, 0.15) is 18.5 Å². The Hall–Kier alpha value is -2.03. The standard InChI is InChI=1S/C14H15N3/c1-15-14-13(11-7-3-2-4-8-11)16-12-9-5-6-10-17(12)14/h3,5-10,15H,2,4H2,1H3. The van der Waals surface area contributed by atoms with Crippen LogP contribution in [0.4, 0.5) is 5.82 Å². The molecule has 1 aliphatic carbocycles. The Bertz CT molecular complexity index is 605. The minimum atomic E-state index is 0.978. The third-order valence-corrected chi connectivity index (χ3v) is 3.04. The van der Waals surface area contributed by atoms with Crippen LogP contribution in [-0.4, -0.2) is 16.4 Å². The van der Waals surface area contributed by atoms with E-state index >= 15 is 0 Å². The Kier molecular flexibility index (Phi) is 2.44. The van der Waals surface area contributed by atoms with Crippen molar-refractivity contribution < 1.29 is 0 Å². The molecule has 1 N–H and O–H groups in total. The van der Waals surface area contributed by atoms with Gasteiger partial charge in [0.15, 0.2) is 0 Å².